The first-order valence-corrected chi connectivity index (χ1v) is 19.0. The predicted octanol–water partition coefficient (Wildman–Crippen LogP) is 12.8. The fourth-order valence-corrected chi connectivity index (χ4v) is 8.10. The first-order valence-electron chi connectivity index (χ1n) is 19.0. The van der Waals surface area contributed by atoms with E-state index in [9.17, 15) is 0 Å². The highest BCUT2D eigenvalue weighted by atomic mass is 15.0. The van der Waals surface area contributed by atoms with Crippen molar-refractivity contribution in [2.75, 3.05) is 0 Å². The highest BCUT2D eigenvalue weighted by Crippen LogP contribution is 2.37. The Balaban J connectivity index is 1.06. The minimum absolute atomic E-state index is 0.272. The number of fused-ring (bicyclic) bond motifs is 6. The van der Waals surface area contributed by atoms with Gasteiger partial charge in [0.15, 0.2) is 0 Å². The average Bonchev–Trinajstić information content (AvgIpc) is 3.77. The van der Waals surface area contributed by atoms with Crippen LogP contribution in [0.15, 0.2) is 211 Å². The second kappa shape index (κ2) is 14.1. The van der Waals surface area contributed by atoms with Gasteiger partial charge in [0, 0.05) is 32.9 Å². The van der Waals surface area contributed by atoms with Crippen molar-refractivity contribution < 1.29 is 0 Å². The minimum Gasteiger partial charge on any atom is -0.398 e. The van der Waals surface area contributed by atoms with Gasteiger partial charge in [0.25, 0.3) is 0 Å². The van der Waals surface area contributed by atoms with E-state index in [1.807, 2.05) is 60.9 Å². The molecule has 0 bridgehead atoms. The van der Waals surface area contributed by atoms with E-state index in [2.05, 4.69) is 161 Å². The average molecular weight is 719 g/mol. The van der Waals surface area contributed by atoms with Crippen LogP contribution in [-0.2, 0) is 0 Å². The molecule has 0 amide bonds. The Morgan fingerprint density at radius 1 is 0.446 bits per heavy atom. The van der Waals surface area contributed by atoms with Crippen molar-refractivity contribution in [3.8, 4) is 27.9 Å². The van der Waals surface area contributed by atoms with Crippen LogP contribution >= 0.6 is 0 Å². The molecule has 0 aliphatic rings. The molecule has 0 spiro atoms. The highest BCUT2D eigenvalue weighted by molar-refractivity contribution is 6.13. The Bertz CT molecular complexity index is 3080. The number of nitrogens with two attached hydrogens (primary N) is 1. The summed E-state index contributed by atoms with van der Waals surface area (Å²) < 4.78 is 4.58. The molecule has 0 saturated heterocycles. The number of hydrogen-bond donors (Lipinski definition) is 1. The molecule has 2 aromatic heterocycles. The molecule has 1 atom stereocenters. The minimum atomic E-state index is -0.272. The van der Waals surface area contributed by atoms with Crippen molar-refractivity contribution >= 4 is 55.6 Å². The standard InChI is InChI=1S/C52H38N4/c53-47(36-15-4-1-5-16-36)34-48(37-17-6-2-7-18-37)54-35-55-49-25-12-10-23-43(49)45-29-27-41(33-52(45)55)39-20-14-19-38(31-39)40-28-30-51-46(32-40)44-24-11-13-26-50(44)56(51)42-21-8-3-9-22-42/h1-35,48H,53H2/b47-34-,54-35+. The van der Waals surface area contributed by atoms with Gasteiger partial charge in [0.05, 0.1) is 34.4 Å². The number of benzene rings is 8. The fourth-order valence-electron chi connectivity index (χ4n) is 8.10. The molecule has 4 nitrogen and oxygen atoms in total. The van der Waals surface area contributed by atoms with Crippen LogP contribution < -0.4 is 5.73 Å². The Morgan fingerprint density at radius 2 is 1.00 bits per heavy atom. The van der Waals surface area contributed by atoms with Gasteiger partial charge in [-0.05, 0) is 88.0 Å². The largest absolute Gasteiger partial charge is 0.398 e. The van der Waals surface area contributed by atoms with E-state index >= 15 is 0 Å². The third kappa shape index (κ3) is 5.94. The Hall–Kier alpha value is -7.43. The van der Waals surface area contributed by atoms with Crippen molar-refractivity contribution in [2.45, 2.75) is 6.04 Å². The van der Waals surface area contributed by atoms with Crippen molar-refractivity contribution in [1.29, 1.82) is 0 Å². The molecule has 266 valence electrons. The first kappa shape index (κ1) is 33.2. The third-order valence-corrected chi connectivity index (χ3v) is 10.9. The second-order valence-electron chi connectivity index (χ2n) is 14.2. The van der Waals surface area contributed by atoms with Gasteiger partial charge >= 0.3 is 0 Å². The summed E-state index contributed by atoms with van der Waals surface area (Å²) in [6.45, 7) is 0. The van der Waals surface area contributed by atoms with E-state index in [0.29, 0.717) is 5.70 Å². The van der Waals surface area contributed by atoms with E-state index in [4.69, 9.17) is 10.7 Å². The normalized spacial score (nSPS) is 12.7. The van der Waals surface area contributed by atoms with Crippen molar-refractivity contribution in [2.24, 2.45) is 10.7 Å². The van der Waals surface area contributed by atoms with Crippen LogP contribution in [0.3, 0.4) is 0 Å². The molecule has 56 heavy (non-hydrogen) atoms. The molecule has 0 fully saturated rings. The summed E-state index contributed by atoms with van der Waals surface area (Å²) in [7, 11) is 0. The molecule has 1 unspecified atom stereocenters. The van der Waals surface area contributed by atoms with Crippen LogP contribution in [0.4, 0.5) is 0 Å². The number of aromatic nitrogens is 2. The first-order chi connectivity index (χ1) is 27.7. The summed E-state index contributed by atoms with van der Waals surface area (Å²) >= 11 is 0. The van der Waals surface area contributed by atoms with Crippen LogP contribution in [0, 0.1) is 0 Å². The lowest BCUT2D eigenvalue weighted by Crippen LogP contribution is -2.03. The quantitative estimate of drug-likeness (QED) is 0.123. The smallest absolute Gasteiger partial charge is 0.0970 e. The molecule has 0 aliphatic heterocycles. The zero-order valence-electron chi connectivity index (χ0n) is 30.7. The highest BCUT2D eigenvalue weighted by Gasteiger charge is 2.15. The van der Waals surface area contributed by atoms with E-state index in [1.165, 1.54) is 43.7 Å². The van der Waals surface area contributed by atoms with Crippen LogP contribution in [0.25, 0.3) is 77.2 Å². The molecule has 10 rings (SSSR count). The zero-order valence-corrected chi connectivity index (χ0v) is 30.7. The van der Waals surface area contributed by atoms with E-state index in [-0.39, 0.29) is 6.04 Å². The van der Waals surface area contributed by atoms with E-state index in [1.54, 1.807) is 0 Å². The molecule has 2 heterocycles. The Morgan fingerprint density at radius 3 is 1.75 bits per heavy atom. The number of hydrogen-bond acceptors (Lipinski definition) is 2. The van der Waals surface area contributed by atoms with Gasteiger partial charge in [-0.2, -0.15) is 0 Å². The summed E-state index contributed by atoms with van der Waals surface area (Å²) in [4.78, 5) is 5.21. The SMILES string of the molecule is N/C(=C\C(/N=C/n1c2ccccc2c2ccc(-c3cccc(-c4ccc5c(c4)c4ccccc4n5-c4ccccc4)c3)cc21)c1ccccc1)c1ccccc1. The van der Waals surface area contributed by atoms with Crippen molar-refractivity contribution in [3.05, 3.63) is 217 Å². The van der Waals surface area contributed by atoms with Gasteiger partial charge in [-0.15, -0.1) is 0 Å². The second-order valence-corrected chi connectivity index (χ2v) is 14.2. The van der Waals surface area contributed by atoms with Gasteiger partial charge in [-0.3, -0.25) is 4.99 Å². The number of aliphatic imine (C=N–C) groups is 1. The van der Waals surface area contributed by atoms with Crippen LogP contribution in [0.5, 0.6) is 0 Å². The van der Waals surface area contributed by atoms with Gasteiger partial charge in [-0.25, -0.2) is 0 Å². The lowest BCUT2D eigenvalue weighted by atomic mass is 9.97. The summed E-state index contributed by atoms with van der Waals surface area (Å²) in [6.07, 6.45) is 4.02. The van der Waals surface area contributed by atoms with Gasteiger partial charge in [0.2, 0.25) is 0 Å². The van der Waals surface area contributed by atoms with Crippen molar-refractivity contribution in [1.82, 2.24) is 9.13 Å². The lowest BCUT2D eigenvalue weighted by Gasteiger charge is -2.12. The lowest BCUT2D eigenvalue weighted by molar-refractivity contribution is 0.910. The zero-order chi connectivity index (χ0) is 37.4. The summed E-state index contributed by atoms with van der Waals surface area (Å²) in [5.41, 5.74) is 19.8. The summed E-state index contributed by atoms with van der Waals surface area (Å²) in [6, 6.07) is 70.5. The summed E-state index contributed by atoms with van der Waals surface area (Å²) in [5, 5.41) is 4.86. The Kier molecular flexibility index (Phi) is 8.34. The number of para-hydroxylation sites is 3. The molecule has 0 saturated carbocycles. The molecule has 10 aromatic rings. The molecule has 0 radical (unpaired) electrons. The van der Waals surface area contributed by atoms with Crippen molar-refractivity contribution in [3.63, 3.8) is 0 Å². The molecule has 8 aromatic carbocycles. The molecular weight excluding hydrogens is 681 g/mol. The maximum Gasteiger partial charge on any atom is 0.0970 e. The topological polar surface area (TPSA) is 48.2 Å². The maximum absolute atomic E-state index is 6.66. The summed E-state index contributed by atoms with van der Waals surface area (Å²) in [5.74, 6) is 0. The van der Waals surface area contributed by atoms with Crippen LogP contribution in [0.2, 0.25) is 0 Å². The van der Waals surface area contributed by atoms with Gasteiger partial charge in [-0.1, -0.05) is 152 Å². The van der Waals surface area contributed by atoms with Gasteiger partial charge in [0.1, 0.15) is 0 Å². The number of rotatable bonds is 8. The Labute approximate surface area is 325 Å². The van der Waals surface area contributed by atoms with Crippen LogP contribution in [0.1, 0.15) is 17.2 Å². The molecule has 0 aliphatic carbocycles. The molecular formula is C52H38N4. The van der Waals surface area contributed by atoms with E-state index < -0.39 is 0 Å². The fraction of sp³-hybridized carbons (Fsp3) is 0.0192. The predicted molar refractivity (Wildman–Crippen MR) is 236 cm³/mol. The maximum atomic E-state index is 6.66. The van der Waals surface area contributed by atoms with Crippen LogP contribution in [-0.4, -0.2) is 15.5 Å². The monoisotopic (exact) mass is 718 g/mol. The molecule has 2 N–H and O–H groups in total. The third-order valence-electron chi connectivity index (χ3n) is 10.9. The van der Waals surface area contributed by atoms with Gasteiger partial charge < -0.3 is 14.9 Å². The molecule has 4 heteroatoms. The number of nitrogens with zero attached hydrogens (tertiary/aromatic N) is 3. The van der Waals surface area contributed by atoms with E-state index in [0.717, 1.165) is 39.0 Å².